The van der Waals surface area contributed by atoms with Gasteiger partial charge in [0, 0.05) is 29.0 Å². The Balaban J connectivity index is 1.93. The number of hydrogen-bond acceptors (Lipinski definition) is 3. The second-order valence-corrected chi connectivity index (χ2v) is 4.85. The van der Waals surface area contributed by atoms with Crippen LogP contribution in [0.2, 0.25) is 0 Å². The van der Waals surface area contributed by atoms with Crippen molar-refractivity contribution in [1.29, 1.82) is 0 Å². The zero-order chi connectivity index (χ0) is 13.2. The Kier molecular flexibility index (Phi) is 2.95. The van der Waals surface area contributed by atoms with E-state index in [4.69, 9.17) is 5.73 Å². The van der Waals surface area contributed by atoms with Gasteiger partial charge in [0.05, 0.1) is 0 Å². The van der Waals surface area contributed by atoms with Crippen molar-refractivity contribution in [2.24, 2.45) is 0 Å². The van der Waals surface area contributed by atoms with Crippen LogP contribution in [0.25, 0.3) is 0 Å². The van der Waals surface area contributed by atoms with Crippen LogP contribution in [0, 0.1) is 0 Å². The van der Waals surface area contributed by atoms with Crippen LogP contribution in [0.4, 0.5) is 11.4 Å². The molecule has 0 saturated carbocycles. The summed E-state index contributed by atoms with van der Waals surface area (Å²) < 4.78 is 0. The Morgan fingerprint density at radius 2 is 1.79 bits per heavy atom. The third-order valence-electron chi connectivity index (χ3n) is 3.48. The van der Waals surface area contributed by atoms with Crippen molar-refractivity contribution in [3.63, 3.8) is 0 Å². The summed E-state index contributed by atoms with van der Waals surface area (Å²) in [7, 11) is 0. The van der Waals surface area contributed by atoms with Gasteiger partial charge in [-0.25, -0.2) is 0 Å². The van der Waals surface area contributed by atoms with E-state index in [9.17, 15) is 4.79 Å². The van der Waals surface area contributed by atoms with Gasteiger partial charge in [0.25, 0.3) is 0 Å². The third kappa shape index (κ3) is 2.32. The van der Waals surface area contributed by atoms with Crippen LogP contribution in [0.3, 0.4) is 0 Å². The first-order chi connectivity index (χ1) is 9.24. The van der Waals surface area contributed by atoms with Crippen molar-refractivity contribution in [3.8, 4) is 0 Å². The molecule has 0 aliphatic carbocycles. The van der Waals surface area contributed by atoms with E-state index in [-0.39, 0.29) is 5.78 Å². The third-order valence-corrected chi connectivity index (χ3v) is 3.48. The normalized spacial score (nSPS) is 13.5. The highest BCUT2D eigenvalue weighted by atomic mass is 16.1. The van der Waals surface area contributed by atoms with E-state index >= 15 is 0 Å². The molecule has 1 heterocycles. The molecular weight excluding hydrogens is 236 g/mol. The first kappa shape index (κ1) is 11.8. The molecule has 1 aliphatic heterocycles. The lowest BCUT2D eigenvalue weighted by Gasteiger charge is -2.18. The summed E-state index contributed by atoms with van der Waals surface area (Å²) in [6.45, 7) is 0.979. The highest BCUT2D eigenvalue weighted by Gasteiger charge is 2.13. The highest BCUT2D eigenvalue weighted by molar-refractivity contribution is 6.09. The minimum Gasteiger partial charge on any atom is -0.399 e. The molecule has 1 aliphatic rings. The van der Waals surface area contributed by atoms with Crippen molar-refractivity contribution < 1.29 is 4.79 Å². The van der Waals surface area contributed by atoms with Crippen LogP contribution in [0.5, 0.6) is 0 Å². The van der Waals surface area contributed by atoms with Gasteiger partial charge >= 0.3 is 0 Å². The Morgan fingerprint density at radius 3 is 2.58 bits per heavy atom. The van der Waals surface area contributed by atoms with Gasteiger partial charge in [0.1, 0.15) is 0 Å². The lowest BCUT2D eigenvalue weighted by Crippen LogP contribution is -2.13. The van der Waals surface area contributed by atoms with E-state index in [0.29, 0.717) is 11.3 Å². The van der Waals surface area contributed by atoms with Crippen LogP contribution in [0.15, 0.2) is 42.5 Å². The molecule has 0 spiro atoms. The molecule has 0 bridgehead atoms. The van der Waals surface area contributed by atoms with Crippen LogP contribution >= 0.6 is 0 Å². The predicted molar refractivity (Wildman–Crippen MR) is 77.5 cm³/mol. The number of fused-ring (bicyclic) bond motifs is 1. The fourth-order valence-corrected chi connectivity index (χ4v) is 2.40. The molecule has 0 atom stereocenters. The van der Waals surface area contributed by atoms with Gasteiger partial charge in [-0.3, -0.25) is 4.79 Å². The van der Waals surface area contributed by atoms with Crippen molar-refractivity contribution in [2.45, 2.75) is 12.8 Å². The maximum Gasteiger partial charge on any atom is 0.193 e. The fraction of sp³-hybridized carbons (Fsp3) is 0.188. The van der Waals surface area contributed by atoms with Gasteiger partial charge in [-0.2, -0.15) is 0 Å². The molecule has 0 fully saturated rings. The summed E-state index contributed by atoms with van der Waals surface area (Å²) in [6, 6.07) is 13.0. The summed E-state index contributed by atoms with van der Waals surface area (Å²) in [5, 5.41) is 3.35. The SMILES string of the molecule is Nc1ccc(C(=O)c2ccc3c(c2)NCCC3)cc1. The van der Waals surface area contributed by atoms with E-state index in [0.717, 1.165) is 30.6 Å². The standard InChI is InChI=1S/C16H16N2O/c17-14-7-5-12(6-8-14)16(19)13-4-3-11-2-1-9-18-15(11)10-13/h3-8,10,18H,1-2,9,17H2. The minimum atomic E-state index is 0.0372. The number of anilines is 2. The number of aryl methyl sites for hydroxylation is 1. The molecule has 0 saturated heterocycles. The Bertz CT molecular complexity index is 617. The second-order valence-electron chi connectivity index (χ2n) is 4.85. The predicted octanol–water partition coefficient (Wildman–Crippen LogP) is 2.86. The van der Waals surface area contributed by atoms with E-state index < -0.39 is 0 Å². The van der Waals surface area contributed by atoms with Gasteiger partial charge in [-0.15, -0.1) is 0 Å². The molecule has 0 radical (unpaired) electrons. The molecule has 0 unspecified atom stereocenters. The Morgan fingerprint density at radius 1 is 1.05 bits per heavy atom. The van der Waals surface area contributed by atoms with Crippen molar-refractivity contribution >= 4 is 17.2 Å². The zero-order valence-electron chi connectivity index (χ0n) is 10.6. The summed E-state index contributed by atoms with van der Waals surface area (Å²) in [5.41, 5.74) is 10.1. The number of carbonyl (C=O) groups is 1. The molecule has 0 aromatic heterocycles. The first-order valence-electron chi connectivity index (χ1n) is 6.51. The Labute approximate surface area is 112 Å². The summed E-state index contributed by atoms with van der Waals surface area (Å²) in [5.74, 6) is 0.0372. The van der Waals surface area contributed by atoms with Crippen LogP contribution in [-0.4, -0.2) is 12.3 Å². The smallest absolute Gasteiger partial charge is 0.193 e. The van der Waals surface area contributed by atoms with Crippen LogP contribution in [0.1, 0.15) is 27.9 Å². The van der Waals surface area contributed by atoms with Crippen LogP contribution < -0.4 is 11.1 Å². The van der Waals surface area contributed by atoms with Gasteiger partial charge in [-0.1, -0.05) is 12.1 Å². The van der Waals surface area contributed by atoms with E-state index in [1.807, 2.05) is 18.2 Å². The number of rotatable bonds is 2. The maximum atomic E-state index is 12.4. The number of hydrogen-bond donors (Lipinski definition) is 2. The average Bonchev–Trinajstić information content (AvgIpc) is 2.47. The number of ketones is 1. The quantitative estimate of drug-likeness (QED) is 0.638. The first-order valence-corrected chi connectivity index (χ1v) is 6.51. The molecule has 2 aromatic carbocycles. The lowest BCUT2D eigenvalue weighted by atomic mass is 9.97. The van der Waals surface area contributed by atoms with E-state index in [1.54, 1.807) is 24.3 Å². The van der Waals surface area contributed by atoms with Gasteiger partial charge in [0.15, 0.2) is 5.78 Å². The summed E-state index contributed by atoms with van der Waals surface area (Å²) in [4.78, 5) is 12.4. The maximum absolute atomic E-state index is 12.4. The molecule has 0 amide bonds. The molecule has 3 heteroatoms. The van der Waals surface area contributed by atoms with E-state index in [2.05, 4.69) is 5.32 Å². The topological polar surface area (TPSA) is 55.1 Å². The van der Waals surface area contributed by atoms with Crippen molar-refractivity contribution in [1.82, 2.24) is 0 Å². The number of nitrogens with two attached hydrogens (primary N) is 1. The lowest BCUT2D eigenvalue weighted by molar-refractivity contribution is 0.103. The molecule has 2 aromatic rings. The van der Waals surface area contributed by atoms with Crippen LogP contribution in [-0.2, 0) is 6.42 Å². The number of nitrogens with one attached hydrogen (secondary N) is 1. The van der Waals surface area contributed by atoms with Gasteiger partial charge in [-0.05, 0) is 48.7 Å². The highest BCUT2D eigenvalue weighted by Crippen LogP contribution is 2.24. The van der Waals surface area contributed by atoms with Gasteiger partial charge < -0.3 is 11.1 Å². The molecule has 96 valence electrons. The van der Waals surface area contributed by atoms with Crippen molar-refractivity contribution in [2.75, 3.05) is 17.6 Å². The van der Waals surface area contributed by atoms with E-state index in [1.165, 1.54) is 5.56 Å². The molecule has 19 heavy (non-hydrogen) atoms. The molecular formula is C16H16N2O. The molecule has 3 N–H and O–H groups in total. The fourth-order valence-electron chi connectivity index (χ4n) is 2.40. The Hall–Kier alpha value is -2.29. The number of benzene rings is 2. The second kappa shape index (κ2) is 4.76. The monoisotopic (exact) mass is 252 g/mol. The van der Waals surface area contributed by atoms with Gasteiger partial charge in [0.2, 0.25) is 0 Å². The molecule has 3 rings (SSSR count). The zero-order valence-corrected chi connectivity index (χ0v) is 10.6. The number of nitrogen functional groups attached to an aromatic ring is 1. The average molecular weight is 252 g/mol. The number of carbonyl (C=O) groups excluding carboxylic acids is 1. The summed E-state index contributed by atoms with van der Waals surface area (Å²) >= 11 is 0. The molecule has 3 nitrogen and oxygen atoms in total. The van der Waals surface area contributed by atoms with Crippen molar-refractivity contribution in [3.05, 3.63) is 59.2 Å². The summed E-state index contributed by atoms with van der Waals surface area (Å²) in [6.07, 6.45) is 2.23. The minimum absolute atomic E-state index is 0.0372. The largest absolute Gasteiger partial charge is 0.399 e.